The fourth-order valence-electron chi connectivity index (χ4n) is 1.77. The molecule has 0 saturated heterocycles. The number of aromatic hydroxyl groups is 1. The van der Waals surface area contributed by atoms with Crippen LogP contribution in [0.2, 0.25) is 0 Å². The van der Waals surface area contributed by atoms with E-state index in [0.717, 1.165) is 19.3 Å². The fourth-order valence-corrected chi connectivity index (χ4v) is 1.77. The highest BCUT2D eigenvalue weighted by Gasteiger charge is 2.05. The first kappa shape index (κ1) is 16.0. The highest BCUT2D eigenvalue weighted by atomic mass is 16.5. The molecule has 0 saturated carbocycles. The zero-order chi connectivity index (χ0) is 14.8. The van der Waals surface area contributed by atoms with Crippen LogP contribution in [0.3, 0.4) is 0 Å². The Hall–Kier alpha value is -2.08. The molecule has 4 N–H and O–H groups in total. The SMILES string of the molecule is O=C(CCCCCCC(=O)Nc1ccccc1O)NO. The van der Waals surface area contributed by atoms with Crippen LogP contribution in [0.4, 0.5) is 5.69 Å². The Labute approximate surface area is 117 Å². The molecule has 0 aromatic heterocycles. The third kappa shape index (κ3) is 6.19. The minimum Gasteiger partial charge on any atom is -0.506 e. The summed E-state index contributed by atoms with van der Waals surface area (Å²) >= 11 is 0. The number of hydrogen-bond donors (Lipinski definition) is 4. The van der Waals surface area contributed by atoms with Gasteiger partial charge in [-0.1, -0.05) is 25.0 Å². The zero-order valence-corrected chi connectivity index (χ0v) is 11.3. The third-order valence-electron chi connectivity index (χ3n) is 2.86. The average Bonchev–Trinajstić information content (AvgIpc) is 2.44. The molecule has 110 valence electrons. The third-order valence-corrected chi connectivity index (χ3v) is 2.86. The number of phenolic OH excluding ortho intramolecular Hbond substituents is 1. The molecule has 1 aromatic carbocycles. The van der Waals surface area contributed by atoms with Crippen molar-refractivity contribution in [3.8, 4) is 5.75 Å². The number of unbranched alkanes of at least 4 members (excludes halogenated alkanes) is 3. The molecule has 0 atom stereocenters. The Balaban J connectivity index is 2.12. The van der Waals surface area contributed by atoms with Crippen molar-refractivity contribution in [2.45, 2.75) is 38.5 Å². The van der Waals surface area contributed by atoms with Crippen LogP contribution in [0.25, 0.3) is 0 Å². The number of amides is 2. The standard InChI is InChI=1S/C14H20N2O4/c17-12-8-6-5-7-11(12)15-13(18)9-3-1-2-4-10-14(19)16-20/h5-8,17,20H,1-4,9-10H2,(H,15,18)(H,16,19). The van der Waals surface area contributed by atoms with Crippen molar-refractivity contribution in [1.82, 2.24) is 5.48 Å². The highest BCUT2D eigenvalue weighted by molar-refractivity contribution is 5.92. The van der Waals surface area contributed by atoms with Crippen LogP contribution < -0.4 is 10.8 Å². The molecule has 0 bridgehead atoms. The first-order chi connectivity index (χ1) is 9.63. The number of phenols is 1. The Morgan fingerprint density at radius 3 is 2.15 bits per heavy atom. The minimum atomic E-state index is -0.387. The molecular formula is C14H20N2O4. The second kappa shape index (κ2) is 8.92. The molecule has 0 aliphatic rings. The van der Waals surface area contributed by atoms with Crippen molar-refractivity contribution in [3.05, 3.63) is 24.3 Å². The Kier molecular flexibility index (Phi) is 7.13. The van der Waals surface area contributed by atoms with Gasteiger partial charge in [0.15, 0.2) is 0 Å². The molecule has 6 heteroatoms. The molecular weight excluding hydrogens is 260 g/mol. The topological polar surface area (TPSA) is 98.7 Å². The van der Waals surface area contributed by atoms with E-state index in [4.69, 9.17) is 5.21 Å². The van der Waals surface area contributed by atoms with Crippen LogP contribution in [0.15, 0.2) is 24.3 Å². The number of nitrogens with one attached hydrogen (secondary N) is 2. The molecule has 2 amide bonds. The molecule has 20 heavy (non-hydrogen) atoms. The fraction of sp³-hybridized carbons (Fsp3) is 0.429. The zero-order valence-electron chi connectivity index (χ0n) is 11.3. The van der Waals surface area contributed by atoms with Gasteiger partial charge in [0, 0.05) is 12.8 Å². The molecule has 1 rings (SSSR count). The maximum atomic E-state index is 11.6. The molecule has 0 heterocycles. The lowest BCUT2D eigenvalue weighted by Crippen LogP contribution is -2.17. The molecule has 0 unspecified atom stereocenters. The number of carbonyl (C=O) groups is 2. The minimum absolute atomic E-state index is 0.0517. The number of carbonyl (C=O) groups excluding carboxylic acids is 2. The largest absolute Gasteiger partial charge is 0.506 e. The van der Waals surface area contributed by atoms with Crippen LogP contribution in [0.1, 0.15) is 38.5 Å². The van der Waals surface area contributed by atoms with Crippen LogP contribution in [-0.4, -0.2) is 22.1 Å². The van der Waals surface area contributed by atoms with Crippen LogP contribution in [0, 0.1) is 0 Å². The van der Waals surface area contributed by atoms with Crippen molar-refractivity contribution in [2.75, 3.05) is 5.32 Å². The quantitative estimate of drug-likeness (QED) is 0.254. The number of hydroxylamine groups is 1. The van der Waals surface area contributed by atoms with Crippen LogP contribution in [0.5, 0.6) is 5.75 Å². The van der Waals surface area contributed by atoms with E-state index >= 15 is 0 Å². The molecule has 0 fully saturated rings. The van der Waals surface area contributed by atoms with E-state index in [-0.39, 0.29) is 17.6 Å². The lowest BCUT2D eigenvalue weighted by Gasteiger charge is -2.06. The second-order valence-corrected chi connectivity index (χ2v) is 4.51. The number of benzene rings is 1. The first-order valence-electron chi connectivity index (χ1n) is 6.64. The summed E-state index contributed by atoms with van der Waals surface area (Å²) in [5.74, 6) is -0.474. The number of para-hydroxylation sites is 2. The van der Waals surface area contributed by atoms with Gasteiger partial charge in [-0.2, -0.15) is 0 Å². The summed E-state index contributed by atoms with van der Waals surface area (Å²) in [6.07, 6.45) is 3.75. The van der Waals surface area contributed by atoms with Gasteiger partial charge in [0.2, 0.25) is 11.8 Å². The van der Waals surface area contributed by atoms with Gasteiger partial charge in [-0.05, 0) is 25.0 Å². The summed E-state index contributed by atoms with van der Waals surface area (Å²) in [7, 11) is 0. The summed E-state index contributed by atoms with van der Waals surface area (Å²) in [4.78, 5) is 22.4. The Morgan fingerprint density at radius 2 is 1.55 bits per heavy atom. The van der Waals surface area contributed by atoms with E-state index in [1.54, 1.807) is 23.7 Å². The lowest BCUT2D eigenvalue weighted by molar-refractivity contribution is -0.129. The van der Waals surface area contributed by atoms with Gasteiger partial charge in [-0.25, -0.2) is 5.48 Å². The maximum absolute atomic E-state index is 11.6. The van der Waals surface area contributed by atoms with E-state index in [1.165, 1.54) is 6.07 Å². The Bertz CT molecular complexity index is 449. The van der Waals surface area contributed by atoms with Gasteiger partial charge >= 0.3 is 0 Å². The van der Waals surface area contributed by atoms with Gasteiger partial charge in [-0.3, -0.25) is 14.8 Å². The molecule has 0 spiro atoms. The Morgan fingerprint density at radius 1 is 0.950 bits per heavy atom. The summed E-state index contributed by atoms with van der Waals surface area (Å²) in [6, 6.07) is 6.58. The van der Waals surface area contributed by atoms with Crippen molar-refractivity contribution < 1.29 is 19.9 Å². The predicted molar refractivity (Wildman–Crippen MR) is 74.4 cm³/mol. The molecule has 0 aliphatic heterocycles. The summed E-state index contributed by atoms with van der Waals surface area (Å²) in [6.45, 7) is 0. The first-order valence-corrected chi connectivity index (χ1v) is 6.64. The average molecular weight is 280 g/mol. The number of hydrogen-bond acceptors (Lipinski definition) is 4. The molecule has 0 aliphatic carbocycles. The predicted octanol–water partition coefficient (Wildman–Crippen LogP) is 2.18. The number of anilines is 1. The molecule has 6 nitrogen and oxygen atoms in total. The van der Waals surface area contributed by atoms with Crippen molar-refractivity contribution >= 4 is 17.5 Å². The van der Waals surface area contributed by atoms with Gasteiger partial charge in [0.1, 0.15) is 5.75 Å². The lowest BCUT2D eigenvalue weighted by atomic mass is 10.1. The van der Waals surface area contributed by atoms with Crippen LogP contribution in [-0.2, 0) is 9.59 Å². The van der Waals surface area contributed by atoms with Crippen molar-refractivity contribution in [2.24, 2.45) is 0 Å². The van der Waals surface area contributed by atoms with Crippen LogP contribution >= 0.6 is 0 Å². The van der Waals surface area contributed by atoms with Gasteiger partial charge in [0.05, 0.1) is 5.69 Å². The van der Waals surface area contributed by atoms with E-state index in [9.17, 15) is 14.7 Å². The van der Waals surface area contributed by atoms with E-state index in [1.807, 2.05) is 0 Å². The normalized spacial score (nSPS) is 10.1. The van der Waals surface area contributed by atoms with E-state index in [2.05, 4.69) is 5.32 Å². The highest BCUT2D eigenvalue weighted by Crippen LogP contribution is 2.21. The molecule has 0 radical (unpaired) electrons. The van der Waals surface area contributed by atoms with Crippen molar-refractivity contribution in [1.29, 1.82) is 0 Å². The summed E-state index contributed by atoms with van der Waals surface area (Å²) in [5, 5.41) is 20.4. The van der Waals surface area contributed by atoms with Gasteiger partial charge in [-0.15, -0.1) is 0 Å². The molecule has 1 aromatic rings. The maximum Gasteiger partial charge on any atom is 0.243 e. The van der Waals surface area contributed by atoms with E-state index in [0.29, 0.717) is 24.9 Å². The van der Waals surface area contributed by atoms with Gasteiger partial charge in [0.25, 0.3) is 0 Å². The summed E-state index contributed by atoms with van der Waals surface area (Å²) in [5.41, 5.74) is 1.99. The smallest absolute Gasteiger partial charge is 0.243 e. The number of rotatable bonds is 8. The summed E-state index contributed by atoms with van der Waals surface area (Å²) < 4.78 is 0. The second-order valence-electron chi connectivity index (χ2n) is 4.51. The monoisotopic (exact) mass is 280 g/mol. The van der Waals surface area contributed by atoms with E-state index < -0.39 is 0 Å². The van der Waals surface area contributed by atoms with Crippen molar-refractivity contribution in [3.63, 3.8) is 0 Å². The van der Waals surface area contributed by atoms with Gasteiger partial charge < -0.3 is 10.4 Å².